The fourth-order valence-corrected chi connectivity index (χ4v) is 2.76. The number of hydrogen-bond acceptors (Lipinski definition) is 4. The van der Waals surface area contributed by atoms with Gasteiger partial charge in [-0.05, 0) is 45.4 Å². The fourth-order valence-electron chi connectivity index (χ4n) is 2.76. The lowest BCUT2D eigenvalue weighted by Gasteiger charge is -2.36. The zero-order valence-electron chi connectivity index (χ0n) is 15.6. The molecule has 0 aliphatic carbocycles. The summed E-state index contributed by atoms with van der Waals surface area (Å²) in [6, 6.07) is 10.6. The molecule has 1 aliphatic heterocycles. The van der Waals surface area contributed by atoms with Crippen molar-refractivity contribution in [3.63, 3.8) is 0 Å². The highest BCUT2D eigenvalue weighted by molar-refractivity contribution is 5.86. The van der Waals surface area contributed by atoms with Gasteiger partial charge >= 0.3 is 0 Å². The van der Waals surface area contributed by atoms with E-state index < -0.39 is 5.54 Å². The monoisotopic (exact) mass is 426 g/mol. The number of carbonyl (C=O) groups excluding carboxylic acids is 1. The standard InChI is InChI=1S/C18H30N4O.3ClH/c1-18(2,19)17(23)20-10-6-7-11-21-12-14-22(15-13-21)16-8-4-3-5-9-16;;;/h3-5,8-9H,6-7,10-15,19H2,1-2H3,(H,20,23);3*1H. The van der Waals surface area contributed by atoms with Crippen molar-refractivity contribution in [1.29, 1.82) is 0 Å². The summed E-state index contributed by atoms with van der Waals surface area (Å²) in [5, 5.41) is 2.90. The van der Waals surface area contributed by atoms with Gasteiger partial charge in [0, 0.05) is 38.4 Å². The van der Waals surface area contributed by atoms with Crippen LogP contribution in [-0.4, -0.2) is 55.6 Å². The number of unbranched alkanes of at least 4 members (excludes halogenated alkanes) is 1. The first-order valence-electron chi connectivity index (χ1n) is 8.56. The van der Waals surface area contributed by atoms with Gasteiger partial charge in [-0.15, -0.1) is 37.2 Å². The Morgan fingerprint density at radius 1 is 1.04 bits per heavy atom. The largest absolute Gasteiger partial charge is 0.369 e. The van der Waals surface area contributed by atoms with Crippen molar-refractivity contribution in [3.8, 4) is 0 Å². The Morgan fingerprint density at radius 3 is 2.15 bits per heavy atom. The number of benzene rings is 1. The Morgan fingerprint density at radius 2 is 1.62 bits per heavy atom. The van der Waals surface area contributed by atoms with Crippen LogP contribution in [0.4, 0.5) is 5.69 Å². The summed E-state index contributed by atoms with van der Waals surface area (Å²) in [6.07, 6.45) is 2.11. The van der Waals surface area contributed by atoms with Crippen LogP contribution in [0.2, 0.25) is 0 Å². The highest BCUT2D eigenvalue weighted by atomic mass is 35.5. The number of amides is 1. The molecule has 2 rings (SSSR count). The predicted octanol–water partition coefficient (Wildman–Crippen LogP) is 2.71. The molecule has 0 unspecified atom stereocenters. The van der Waals surface area contributed by atoms with Crippen molar-refractivity contribution < 1.29 is 4.79 Å². The van der Waals surface area contributed by atoms with Crippen LogP contribution >= 0.6 is 37.2 Å². The second-order valence-corrected chi connectivity index (χ2v) is 6.85. The van der Waals surface area contributed by atoms with Gasteiger partial charge in [0.05, 0.1) is 5.54 Å². The van der Waals surface area contributed by atoms with E-state index in [9.17, 15) is 4.79 Å². The number of nitrogens with two attached hydrogens (primary N) is 1. The van der Waals surface area contributed by atoms with E-state index in [1.54, 1.807) is 13.8 Å². The first-order chi connectivity index (χ1) is 11.0. The first-order valence-corrected chi connectivity index (χ1v) is 8.56. The van der Waals surface area contributed by atoms with Crippen LogP contribution in [0.5, 0.6) is 0 Å². The van der Waals surface area contributed by atoms with Crippen molar-refractivity contribution in [2.75, 3.05) is 44.2 Å². The van der Waals surface area contributed by atoms with Crippen molar-refractivity contribution in [2.45, 2.75) is 32.2 Å². The van der Waals surface area contributed by atoms with Gasteiger partial charge in [0.15, 0.2) is 0 Å². The Hall–Kier alpha value is -0.720. The molecule has 1 saturated heterocycles. The van der Waals surface area contributed by atoms with Crippen molar-refractivity contribution in [2.24, 2.45) is 5.73 Å². The Labute approximate surface area is 176 Å². The van der Waals surface area contributed by atoms with Gasteiger partial charge in [0.25, 0.3) is 0 Å². The summed E-state index contributed by atoms with van der Waals surface area (Å²) in [4.78, 5) is 16.6. The number of nitrogens with zero attached hydrogens (tertiary/aromatic N) is 2. The summed E-state index contributed by atoms with van der Waals surface area (Å²) >= 11 is 0. The molecule has 1 aromatic rings. The van der Waals surface area contributed by atoms with Crippen molar-refractivity contribution in [3.05, 3.63) is 30.3 Å². The summed E-state index contributed by atoms with van der Waals surface area (Å²) in [6.45, 7) is 9.66. The Bertz CT molecular complexity index is 489. The van der Waals surface area contributed by atoms with E-state index in [0.717, 1.165) is 45.6 Å². The van der Waals surface area contributed by atoms with E-state index in [2.05, 4.69) is 45.4 Å². The smallest absolute Gasteiger partial charge is 0.239 e. The minimum absolute atomic E-state index is 0. The number of rotatable bonds is 7. The Kier molecular flexibility index (Phi) is 14.2. The van der Waals surface area contributed by atoms with E-state index in [1.807, 2.05) is 0 Å². The van der Waals surface area contributed by atoms with Gasteiger partial charge in [-0.1, -0.05) is 18.2 Å². The molecular weight excluding hydrogens is 395 g/mol. The molecule has 1 amide bonds. The molecule has 26 heavy (non-hydrogen) atoms. The van der Waals surface area contributed by atoms with Crippen LogP contribution in [-0.2, 0) is 4.79 Å². The molecule has 0 bridgehead atoms. The number of para-hydroxylation sites is 1. The van der Waals surface area contributed by atoms with Crippen LogP contribution in [0.15, 0.2) is 30.3 Å². The number of hydrogen-bond donors (Lipinski definition) is 2. The lowest BCUT2D eigenvalue weighted by molar-refractivity contribution is -0.125. The highest BCUT2D eigenvalue weighted by Crippen LogP contribution is 2.15. The van der Waals surface area contributed by atoms with Gasteiger partial charge in [-0.2, -0.15) is 0 Å². The quantitative estimate of drug-likeness (QED) is 0.657. The molecule has 0 saturated carbocycles. The maximum Gasteiger partial charge on any atom is 0.239 e. The molecule has 5 nitrogen and oxygen atoms in total. The van der Waals surface area contributed by atoms with E-state index in [-0.39, 0.29) is 43.1 Å². The number of carbonyl (C=O) groups is 1. The van der Waals surface area contributed by atoms with E-state index in [4.69, 9.17) is 5.73 Å². The number of piperazine rings is 1. The second-order valence-electron chi connectivity index (χ2n) is 6.85. The minimum Gasteiger partial charge on any atom is -0.369 e. The van der Waals surface area contributed by atoms with Gasteiger partial charge in [0.1, 0.15) is 0 Å². The van der Waals surface area contributed by atoms with Gasteiger partial charge < -0.3 is 16.0 Å². The molecule has 1 heterocycles. The molecule has 152 valence electrons. The van der Waals surface area contributed by atoms with Crippen LogP contribution in [0, 0.1) is 0 Å². The SMILES string of the molecule is CC(C)(N)C(=O)NCCCCN1CCN(c2ccccc2)CC1.Cl.Cl.Cl. The molecule has 1 fully saturated rings. The maximum absolute atomic E-state index is 11.6. The van der Waals surface area contributed by atoms with Crippen LogP contribution in [0.3, 0.4) is 0 Å². The molecular formula is C18H33Cl3N4O. The minimum atomic E-state index is -0.784. The third kappa shape index (κ3) is 9.28. The van der Waals surface area contributed by atoms with Gasteiger partial charge in [-0.25, -0.2) is 0 Å². The van der Waals surface area contributed by atoms with Crippen molar-refractivity contribution in [1.82, 2.24) is 10.2 Å². The van der Waals surface area contributed by atoms with Crippen LogP contribution in [0.1, 0.15) is 26.7 Å². The van der Waals surface area contributed by atoms with Gasteiger partial charge in [-0.3, -0.25) is 9.69 Å². The number of nitrogens with one attached hydrogen (secondary N) is 1. The average Bonchev–Trinajstić information content (AvgIpc) is 2.55. The van der Waals surface area contributed by atoms with Crippen LogP contribution in [0.25, 0.3) is 0 Å². The molecule has 0 spiro atoms. The highest BCUT2D eigenvalue weighted by Gasteiger charge is 2.21. The zero-order valence-corrected chi connectivity index (χ0v) is 18.1. The van der Waals surface area contributed by atoms with Gasteiger partial charge in [0.2, 0.25) is 5.91 Å². The number of anilines is 1. The first kappa shape index (κ1) is 27.5. The van der Waals surface area contributed by atoms with Crippen molar-refractivity contribution >= 4 is 48.8 Å². The normalized spacial score (nSPS) is 14.5. The third-order valence-electron chi connectivity index (χ3n) is 4.27. The predicted molar refractivity (Wildman–Crippen MR) is 117 cm³/mol. The summed E-state index contributed by atoms with van der Waals surface area (Å²) in [7, 11) is 0. The van der Waals surface area contributed by atoms with E-state index in [0.29, 0.717) is 6.54 Å². The molecule has 0 aromatic heterocycles. The third-order valence-corrected chi connectivity index (χ3v) is 4.27. The molecule has 8 heteroatoms. The van der Waals surface area contributed by atoms with E-state index >= 15 is 0 Å². The summed E-state index contributed by atoms with van der Waals surface area (Å²) in [5.74, 6) is -0.0750. The molecule has 1 aromatic carbocycles. The zero-order chi connectivity index (χ0) is 16.7. The topological polar surface area (TPSA) is 61.6 Å². The lowest BCUT2D eigenvalue weighted by Crippen LogP contribution is -2.49. The maximum atomic E-state index is 11.6. The van der Waals surface area contributed by atoms with E-state index in [1.165, 1.54) is 5.69 Å². The molecule has 1 aliphatic rings. The molecule has 0 atom stereocenters. The summed E-state index contributed by atoms with van der Waals surface area (Å²) < 4.78 is 0. The fraction of sp³-hybridized carbons (Fsp3) is 0.611. The molecule has 3 N–H and O–H groups in total. The lowest BCUT2D eigenvalue weighted by atomic mass is 10.1. The Balaban J connectivity index is 0. The second kappa shape index (κ2) is 13.4. The molecule has 0 radical (unpaired) electrons. The number of halogens is 3. The summed E-state index contributed by atoms with van der Waals surface area (Å²) in [5.41, 5.74) is 6.28. The average molecular weight is 428 g/mol. The van der Waals surface area contributed by atoms with Crippen LogP contribution < -0.4 is 16.0 Å².